The Morgan fingerprint density at radius 1 is 0.947 bits per heavy atom. The molecule has 1 amide bonds. The number of thioether (sulfide) groups is 1. The van der Waals surface area contributed by atoms with Crippen molar-refractivity contribution in [2.45, 2.75) is 44.7 Å². The molecule has 1 saturated heterocycles. The van der Waals surface area contributed by atoms with Crippen LogP contribution in [-0.4, -0.2) is 26.6 Å². The first kappa shape index (κ1) is 24.3. The lowest BCUT2D eigenvalue weighted by Gasteiger charge is -2.30. The van der Waals surface area contributed by atoms with E-state index in [4.69, 9.17) is 4.99 Å². The van der Waals surface area contributed by atoms with Gasteiger partial charge in [0.1, 0.15) is 0 Å². The first-order valence-electron chi connectivity index (χ1n) is 13.1. The molecule has 0 bridgehead atoms. The van der Waals surface area contributed by atoms with E-state index in [-0.39, 0.29) is 11.9 Å². The van der Waals surface area contributed by atoms with Gasteiger partial charge in [0, 0.05) is 35.2 Å². The van der Waals surface area contributed by atoms with Gasteiger partial charge in [-0.25, -0.2) is 4.99 Å². The van der Waals surface area contributed by atoms with Gasteiger partial charge in [0.2, 0.25) is 0 Å². The number of nitrogens with zero attached hydrogens (tertiary/aromatic N) is 4. The topological polar surface area (TPSA) is 61.4 Å². The highest BCUT2D eigenvalue weighted by Gasteiger charge is 2.38. The van der Waals surface area contributed by atoms with E-state index in [1.807, 2.05) is 77.7 Å². The van der Waals surface area contributed by atoms with Crippen molar-refractivity contribution in [2.75, 3.05) is 0 Å². The molecule has 38 heavy (non-hydrogen) atoms. The van der Waals surface area contributed by atoms with Crippen molar-refractivity contribution in [1.82, 2.24) is 9.47 Å². The highest BCUT2D eigenvalue weighted by molar-refractivity contribution is 8.18. The molecule has 0 unspecified atom stereocenters. The maximum absolute atomic E-state index is 13.8. The molecule has 4 aromatic rings. The smallest absolute Gasteiger partial charge is 0.267 e. The van der Waals surface area contributed by atoms with Gasteiger partial charge < -0.3 is 4.57 Å². The summed E-state index contributed by atoms with van der Waals surface area (Å²) in [6, 6.07) is 28.3. The predicted octanol–water partition coefficient (Wildman–Crippen LogP) is 7.50. The van der Waals surface area contributed by atoms with Crippen LogP contribution in [0.5, 0.6) is 0 Å². The maximum atomic E-state index is 13.8. The summed E-state index contributed by atoms with van der Waals surface area (Å²) in [6.45, 7) is 0.587. The van der Waals surface area contributed by atoms with Crippen LogP contribution in [0.1, 0.15) is 48.8 Å². The number of fused-ring (bicyclic) bond motifs is 1. The standard InChI is InChI=1S/C32H28N4OS/c33-20-23-11-7-8-12-24(23)21-35-22-25(28-17-9-10-18-29(28)35)19-30-31(37)36(27-15-5-2-6-16-27)32(38-30)34-26-13-3-1-4-14-26/h1,3-4,7-14,17-19,22,27H,2,5-6,15-16,21H2/b30-19-,34-32?. The van der Waals surface area contributed by atoms with E-state index in [0.29, 0.717) is 17.0 Å². The fourth-order valence-corrected chi connectivity index (χ4v) is 6.50. The molecular formula is C32H28N4OS. The lowest BCUT2D eigenvalue weighted by molar-refractivity contribution is -0.124. The summed E-state index contributed by atoms with van der Waals surface area (Å²) in [5.74, 6) is 0.0447. The summed E-state index contributed by atoms with van der Waals surface area (Å²) in [5.41, 5.74) is 4.58. The zero-order valence-corrected chi connectivity index (χ0v) is 21.9. The van der Waals surface area contributed by atoms with Gasteiger partial charge in [0.15, 0.2) is 5.17 Å². The second-order valence-electron chi connectivity index (χ2n) is 9.81. The van der Waals surface area contributed by atoms with E-state index in [0.717, 1.165) is 58.6 Å². The number of hydrogen-bond donors (Lipinski definition) is 0. The summed E-state index contributed by atoms with van der Waals surface area (Å²) < 4.78 is 2.17. The predicted molar refractivity (Wildman–Crippen MR) is 155 cm³/mol. The van der Waals surface area contributed by atoms with Gasteiger partial charge >= 0.3 is 0 Å². The Kier molecular flexibility index (Phi) is 6.85. The van der Waals surface area contributed by atoms with Gasteiger partial charge in [0.25, 0.3) is 5.91 Å². The van der Waals surface area contributed by atoms with Crippen LogP contribution in [0.2, 0.25) is 0 Å². The maximum Gasteiger partial charge on any atom is 0.267 e. The number of aromatic nitrogens is 1. The normalized spacial score (nSPS) is 18.5. The minimum atomic E-state index is 0.0447. The van der Waals surface area contributed by atoms with Gasteiger partial charge in [-0.2, -0.15) is 5.26 Å². The number of benzene rings is 3. The quantitative estimate of drug-likeness (QED) is 0.258. The molecule has 3 aromatic carbocycles. The van der Waals surface area contributed by atoms with Gasteiger partial charge in [-0.3, -0.25) is 9.69 Å². The number of rotatable bonds is 5. The van der Waals surface area contributed by atoms with E-state index >= 15 is 0 Å². The van der Waals surface area contributed by atoms with Crippen molar-refractivity contribution in [3.05, 3.63) is 107 Å². The Morgan fingerprint density at radius 2 is 1.68 bits per heavy atom. The molecule has 6 rings (SSSR count). The average molecular weight is 517 g/mol. The van der Waals surface area contributed by atoms with E-state index in [9.17, 15) is 10.1 Å². The molecule has 0 radical (unpaired) electrons. The molecule has 0 atom stereocenters. The summed E-state index contributed by atoms with van der Waals surface area (Å²) >= 11 is 1.47. The van der Waals surface area contributed by atoms with Crippen LogP contribution in [0.3, 0.4) is 0 Å². The zero-order chi connectivity index (χ0) is 25.9. The number of amidine groups is 1. The number of carbonyl (C=O) groups is 1. The molecular weight excluding hydrogens is 488 g/mol. The second kappa shape index (κ2) is 10.7. The Hall–Kier alpha value is -4.08. The second-order valence-corrected chi connectivity index (χ2v) is 10.8. The first-order valence-corrected chi connectivity index (χ1v) is 14.0. The van der Waals surface area contributed by atoms with Crippen molar-refractivity contribution in [1.29, 1.82) is 5.26 Å². The van der Waals surface area contributed by atoms with Crippen LogP contribution >= 0.6 is 11.8 Å². The Bertz CT molecular complexity index is 1590. The van der Waals surface area contributed by atoms with Crippen molar-refractivity contribution < 1.29 is 4.79 Å². The third kappa shape index (κ3) is 4.78. The van der Waals surface area contributed by atoms with Gasteiger partial charge in [-0.15, -0.1) is 0 Å². The van der Waals surface area contributed by atoms with Crippen molar-refractivity contribution >= 4 is 45.5 Å². The van der Waals surface area contributed by atoms with E-state index in [2.05, 4.69) is 29.0 Å². The van der Waals surface area contributed by atoms with Crippen LogP contribution in [-0.2, 0) is 11.3 Å². The minimum Gasteiger partial charge on any atom is -0.342 e. The van der Waals surface area contributed by atoms with Crippen LogP contribution in [0.25, 0.3) is 17.0 Å². The number of nitriles is 1. The zero-order valence-electron chi connectivity index (χ0n) is 21.1. The molecule has 188 valence electrons. The van der Waals surface area contributed by atoms with Crippen LogP contribution in [0.4, 0.5) is 5.69 Å². The molecule has 1 aromatic heterocycles. The molecule has 1 saturated carbocycles. The van der Waals surface area contributed by atoms with Gasteiger partial charge in [-0.1, -0.05) is 73.9 Å². The molecule has 0 spiro atoms. The number of amides is 1. The molecule has 5 nitrogen and oxygen atoms in total. The lowest BCUT2D eigenvalue weighted by atomic mass is 9.94. The van der Waals surface area contributed by atoms with Crippen LogP contribution < -0.4 is 0 Å². The molecule has 0 N–H and O–H groups in total. The van der Waals surface area contributed by atoms with Crippen LogP contribution in [0.15, 0.2) is 95.0 Å². The Labute approximate surface area is 227 Å². The van der Waals surface area contributed by atoms with Crippen molar-refractivity contribution in [3.63, 3.8) is 0 Å². The lowest BCUT2D eigenvalue weighted by Crippen LogP contribution is -2.40. The number of carbonyl (C=O) groups excluding carboxylic acids is 1. The fourth-order valence-electron chi connectivity index (χ4n) is 5.45. The highest BCUT2D eigenvalue weighted by atomic mass is 32.2. The van der Waals surface area contributed by atoms with Crippen molar-refractivity contribution in [2.24, 2.45) is 4.99 Å². The molecule has 2 fully saturated rings. The number of aliphatic imine (C=N–C) groups is 1. The summed E-state index contributed by atoms with van der Waals surface area (Å²) in [7, 11) is 0. The summed E-state index contributed by atoms with van der Waals surface area (Å²) in [5, 5.41) is 11.4. The molecule has 2 aliphatic rings. The first-order chi connectivity index (χ1) is 18.7. The van der Waals surface area contributed by atoms with E-state index in [1.54, 1.807) is 0 Å². The highest BCUT2D eigenvalue weighted by Crippen LogP contribution is 2.39. The monoisotopic (exact) mass is 516 g/mol. The molecule has 6 heteroatoms. The van der Waals surface area contributed by atoms with Gasteiger partial charge in [-0.05, 0) is 60.5 Å². The fraction of sp³-hybridized carbons (Fsp3) is 0.219. The Morgan fingerprint density at radius 3 is 2.50 bits per heavy atom. The third-order valence-corrected chi connectivity index (χ3v) is 8.33. The summed E-state index contributed by atoms with van der Waals surface area (Å²) in [4.78, 5) is 21.4. The molecule has 2 heterocycles. The Balaban J connectivity index is 1.39. The number of para-hydroxylation sites is 2. The van der Waals surface area contributed by atoms with Crippen LogP contribution in [0, 0.1) is 11.3 Å². The van der Waals surface area contributed by atoms with Crippen molar-refractivity contribution in [3.8, 4) is 6.07 Å². The molecule has 1 aliphatic carbocycles. The minimum absolute atomic E-state index is 0.0447. The van der Waals surface area contributed by atoms with E-state index < -0.39 is 0 Å². The third-order valence-electron chi connectivity index (χ3n) is 7.34. The van der Waals surface area contributed by atoms with E-state index in [1.165, 1.54) is 18.2 Å². The SMILES string of the molecule is N#Cc1ccccc1Cn1cc(/C=C2\SC(=Nc3ccccc3)N(C3CCCCC3)C2=O)c2ccccc21. The largest absolute Gasteiger partial charge is 0.342 e. The summed E-state index contributed by atoms with van der Waals surface area (Å²) in [6.07, 6.45) is 9.68. The average Bonchev–Trinajstić information content (AvgIpc) is 3.46. The number of hydrogen-bond acceptors (Lipinski definition) is 4. The molecule has 1 aliphatic heterocycles. The van der Waals surface area contributed by atoms with Gasteiger partial charge in [0.05, 0.1) is 22.2 Å².